The Bertz CT molecular complexity index is 1000. The maximum absolute atomic E-state index is 12.6. The van der Waals surface area contributed by atoms with Crippen molar-refractivity contribution in [3.8, 4) is 5.69 Å². The molecular formula is C19H15Cl2N3O3. The first-order chi connectivity index (χ1) is 13.0. The molecule has 1 heterocycles. The summed E-state index contributed by atoms with van der Waals surface area (Å²) in [6.45, 7) is -0.342. The van der Waals surface area contributed by atoms with Crippen LogP contribution < -0.4 is 10.7 Å². The minimum Gasteiger partial charge on any atom is -0.394 e. The Balaban J connectivity index is 1.87. The first kappa shape index (κ1) is 19.1. The van der Waals surface area contributed by atoms with Crippen LogP contribution in [0.5, 0.6) is 0 Å². The smallest absolute Gasteiger partial charge is 0.276 e. The van der Waals surface area contributed by atoms with E-state index in [0.717, 1.165) is 0 Å². The minimum absolute atomic E-state index is 0.278. The van der Waals surface area contributed by atoms with Gasteiger partial charge in [-0.1, -0.05) is 35.3 Å². The zero-order valence-electron chi connectivity index (χ0n) is 14.0. The summed E-state index contributed by atoms with van der Waals surface area (Å²) in [7, 11) is 0. The molecule has 0 aliphatic heterocycles. The highest BCUT2D eigenvalue weighted by Crippen LogP contribution is 2.17. The maximum atomic E-state index is 12.6. The molecule has 6 nitrogen and oxygen atoms in total. The summed E-state index contributed by atoms with van der Waals surface area (Å²) in [5, 5.41) is 17.4. The fraction of sp³-hybridized carbons (Fsp3) is 0.105. The van der Waals surface area contributed by atoms with E-state index in [1.807, 2.05) is 0 Å². The molecule has 3 aromatic rings. The Labute approximate surface area is 165 Å². The van der Waals surface area contributed by atoms with Crippen molar-refractivity contribution in [3.05, 3.63) is 92.3 Å². The van der Waals surface area contributed by atoms with Crippen LogP contribution in [-0.2, 0) is 0 Å². The van der Waals surface area contributed by atoms with Gasteiger partial charge in [-0.3, -0.25) is 9.59 Å². The molecule has 0 aliphatic rings. The molecule has 1 amide bonds. The Morgan fingerprint density at radius 1 is 1.04 bits per heavy atom. The van der Waals surface area contributed by atoms with Gasteiger partial charge in [0.1, 0.15) is 0 Å². The largest absolute Gasteiger partial charge is 0.394 e. The zero-order chi connectivity index (χ0) is 19.4. The number of amides is 1. The molecule has 27 heavy (non-hydrogen) atoms. The summed E-state index contributed by atoms with van der Waals surface area (Å²) in [5.74, 6) is -0.683. The van der Waals surface area contributed by atoms with Crippen molar-refractivity contribution in [2.45, 2.75) is 6.04 Å². The van der Waals surface area contributed by atoms with Crippen molar-refractivity contribution in [1.29, 1.82) is 0 Å². The highest BCUT2D eigenvalue weighted by atomic mass is 35.5. The summed E-state index contributed by atoms with van der Waals surface area (Å²) in [4.78, 5) is 24.7. The van der Waals surface area contributed by atoms with Crippen molar-refractivity contribution in [1.82, 2.24) is 15.1 Å². The lowest BCUT2D eigenvalue weighted by Crippen LogP contribution is -2.35. The third-order valence-electron chi connectivity index (χ3n) is 3.87. The van der Waals surface area contributed by atoms with E-state index >= 15 is 0 Å². The monoisotopic (exact) mass is 403 g/mol. The third kappa shape index (κ3) is 4.54. The standard InChI is InChI=1S/C19H15Cl2N3O3/c20-13-3-1-12(2-4-13)16(11-25)22-19(27)18-17(26)9-10-24(23-18)15-7-5-14(21)6-8-15/h1-10,16,25H,11H2,(H,22,27). The van der Waals surface area contributed by atoms with Crippen LogP contribution >= 0.6 is 23.2 Å². The van der Waals surface area contributed by atoms with E-state index in [0.29, 0.717) is 21.3 Å². The van der Waals surface area contributed by atoms with E-state index in [4.69, 9.17) is 23.2 Å². The highest BCUT2D eigenvalue weighted by molar-refractivity contribution is 6.30. The summed E-state index contributed by atoms with van der Waals surface area (Å²) in [5.41, 5.74) is 0.499. The van der Waals surface area contributed by atoms with Gasteiger partial charge in [0.25, 0.3) is 5.91 Å². The second kappa shape index (κ2) is 8.35. The van der Waals surface area contributed by atoms with Crippen LogP contribution in [0.3, 0.4) is 0 Å². The van der Waals surface area contributed by atoms with Gasteiger partial charge >= 0.3 is 0 Å². The van der Waals surface area contributed by atoms with Crippen LogP contribution in [0, 0.1) is 0 Å². The van der Waals surface area contributed by atoms with Gasteiger partial charge in [-0.15, -0.1) is 0 Å². The van der Waals surface area contributed by atoms with E-state index in [-0.39, 0.29) is 12.3 Å². The Morgan fingerprint density at radius 3 is 2.22 bits per heavy atom. The van der Waals surface area contributed by atoms with E-state index in [9.17, 15) is 14.7 Å². The summed E-state index contributed by atoms with van der Waals surface area (Å²) >= 11 is 11.7. The van der Waals surface area contributed by atoms with Gasteiger partial charge in [-0.05, 0) is 42.0 Å². The van der Waals surface area contributed by atoms with Crippen molar-refractivity contribution >= 4 is 29.1 Å². The average molecular weight is 404 g/mol. The van der Waals surface area contributed by atoms with Gasteiger partial charge in [0.05, 0.1) is 18.3 Å². The predicted octanol–water partition coefficient (Wildman–Crippen LogP) is 3.00. The number of hydrogen-bond donors (Lipinski definition) is 2. The van der Waals surface area contributed by atoms with Gasteiger partial charge in [0.15, 0.2) is 5.69 Å². The molecule has 2 N–H and O–H groups in total. The van der Waals surface area contributed by atoms with E-state index < -0.39 is 17.4 Å². The van der Waals surface area contributed by atoms with Crippen LogP contribution in [0.1, 0.15) is 22.1 Å². The number of aliphatic hydroxyl groups is 1. The van der Waals surface area contributed by atoms with E-state index in [1.54, 1.807) is 48.5 Å². The molecule has 1 aromatic heterocycles. The van der Waals surface area contributed by atoms with Crippen LogP contribution in [0.4, 0.5) is 0 Å². The van der Waals surface area contributed by atoms with Crippen molar-refractivity contribution in [2.24, 2.45) is 0 Å². The van der Waals surface area contributed by atoms with Crippen LogP contribution in [0.2, 0.25) is 10.0 Å². The van der Waals surface area contributed by atoms with Gasteiger partial charge < -0.3 is 10.4 Å². The number of nitrogens with one attached hydrogen (secondary N) is 1. The number of aromatic nitrogens is 2. The van der Waals surface area contributed by atoms with Crippen molar-refractivity contribution in [3.63, 3.8) is 0 Å². The SMILES string of the molecule is O=C(NC(CO)c1ccc(Cl)cc1)c1nn(-c2ccc(Cl)cc2)ccc1=O. The molecule has 3 rings (SSSR count). The van der Waals surface area contributed by atoms with Crippen LogP contribution in [-0.4, -0.2) is 27.4 Å². The highest BCUT2D eigenvalue weighted by Gasteiger charge is 2.19. The second-order valence-electron chi connectivity index (χ2n) is 5.71. The van der Waals surface area contributed by atoms with Crippen LogP contribution in [0.15, 0.2) is 65.6 Å². The van der Waals surface area contributed by atoms with E-state index in [2.05, 4.69) is 10.4 Å². The Morgan fingerprint density at radius 2 is 1.63 bits per heavy atom. The number of benzene rings is 2. The topological polar surface area (TPSA) is 84.2 Å². The lowest BCUT2D eigenvalue weighted by molar-refractivity contribution is 0.0908. The molecule has 0 spiro atoms. The zero-order valence-corrected chi connectivity index (χ0v) is 15.5. The molecule has 0 bridgehead atoms. The minimum atomic E-state index is -0.694. The fourth-order valence-corrected chi connectivity index (χ4v) is 2.71. The summed E-state index contributed by atoms with van der Waals surface area (Å²) in [6, 6.07) is 14.0. The van der Waals surface area contributed by atoms with Crippen LogP contribution in [0.25, 0.3) is 5.69 Å². The molecule has 0 saturated carbocycles. The molecule has 1 unspecified atom stereocenters. The average Bonchev–Trinajstić information content (AvgIpc) is 2.68. The van der Waals surface area contributed by atoms with Gasteiger partial charge in [-0.25, -0.2) is 4.68 Å². The lowest BCUT2D eigenvalue weighted by atomic mass is 10.1. The maximum Gasteiger partial charge on any atom is 0.276 e. The van der Waals surface area contributed by atoms with Crippen molar-refractivity contribution in [2.75, 3.05) is 6.61 Å². The molecule has 0 aliphatic carbocycles. The molecule has 0 saturated heterocycles. The molecule has 1 atom stereocenters. The number of rotatable bonds is 5. The van der Waals surface area contributed by atoms with E-state index in [1.165, 1.54) is 16.9 Å². The van der Waals surface area contributed by atoms with Gasteiger partial charge in [0, 0.05) is 22.3 Å². The molecule has 8 heteroatoms. The predicted molar refractivity (Wildman–Crippen MR) is 104 cm³/mol. The quantitative estimate of drug-likeness (QED) is 0.685. The molecule has 138 valence electrons. The second-order valence-corrected chi connectivity index (χ2v) is 6.58. The molecule has 0 radical (unpaired) electrons. The number of carbonyl (C=O) groups excluding carboxylic acids is 1. The van der Waals surface area contributed by atoms with Crippen molar-refractivity contribution < 1.29 is 9.90 Å². The summed E-state index contributed by atoms with van der Waals surface area (Å²) in [6.07, 6.45) is 1.46. The Kier molecular flexibility index (Phi) is 5.91. The van der Waals surface area contributed by atoms with Gasteiger partial charge in [0.2, 0.25) is 5.43 Å². The lowest BCUT2D eigenvalue weighted by Gasteiger charge is -2.16. The first-order valence-electron chi connectivity index (χ1n) is 8.01. The Hall–Kier alpha value is -2.67. The normalized spacial score (nSPS) is 11.8. The number of hydrogen-bond acceptors (Lipinski definition) is 4. The first-order valence-corrected chi connectivity index (χ1v) is 8.76. The molecule has 2 aromatic carbocycles. The number of halogens is 2. The van der Waals surface area contributed by atoms with Gasteiger partial charge in [-0.2, -0.15) is 5.10 Å². The number of carbonyl (C=O) groups is 1. The summed E-state index contributed by atoms with van der Waals surface area (Å²) < 4.78 is 1.41. The third-order valence-corrected chi connectivity index (χ3v) is 4.38. The molecular weight excluding hydrogens is 389 g/mol. The fourth-order valence-electron chi connectivity index (χ4n) is 2.46. The molecule has 0 fully saturated rings. The number of nitrogens with zero attached hydrogens (tertiary/aromatic N) is 2. The number of aliphatic hydroxyl groups excluding tert-OH is 1.